The van der Waals surface area contributed by atoms with Gasteiger partial charge in [-0.1, -0.05) is 23.7 Å². The highest BCUT2D eigenvalue weighted by atomic mass is 35.5. The van der Waals surface area contributed by atoms with Crippen molar-refractivity contribution in [1.29, 1.82) is 0 Å². The van der Waals surface area contributed by atoms with Crippen LogP contribution in [0.2, 0.25) is 5.02 Å². The smallest absolute Gasteiger partial charge is 0.234 e. The second kappa shape index (κ2) is 14.6. The summed E-state index contributed by atoms with van der Waals surface area (Å²) in [6.07, 6.45) is 5.90. The standard InChI is InChI=1S/C38H47ClN4O4.H2/c1-25(2)47-35-22-33-28(20-34(35)46-4)21-37(45)43(38(33)27-8-10-29(39)11-9-27)32-16-14-30(15-17-32)41(3)23-26-6-12-31(13-7-26)42-19-5-18-40-36(44)24-42;/h8-11,14-17,20,22,25-26,31,38H,5-7,12-13,18-19,21,23-24H2,1-4H3,(H,40,44);1H/t26?,31?,38-;/m0./s1. The molecule has 1 saturated carbocycles. The highest BCUT2D eigenvalue weighted by molar-refractivity contribution is 6.30. The molecule has 1 N–H and O–H groups in total. The van der Waals surface area contributed by atoms with Crippen LogP contribution in [0.5, 0.6) is 11.5 Å². The summed E-state index contributed by atoms with van der Waals surface area (Å²) in [7, 11) is 3.78. The molecular formula is C38H49ClN4O4. The van der Waals surface area contributed by atoms with E-state index in [1.165, 1.54) is 12.8 Å². The molecule has 3 aromatic carbocycles. The van der Waals surface area contributed by atoms with Gasteiger partial charge >= 0.3 is 0 Å². The van der Waals surface area contributed by atoms with E-state index in [4.69, 9.17) is 21.1 Å². The molecule has 252 valence electrons. The Labute approximate surface area is 285 Å². The fourth-order valence-electron chi connectivity index (χ4n) is 7.52. The van der Waals surface area contributed by atoms with E-state index < -0.39 is 0 Å². The molecule has 2 amide bonds. The molecule has 0 unspecified atom stereocenters. The molecule has 6 rings (SSSR count). The number of fused-ring (bicyclic) bond motifs is 1. The van der Waals surface area contributed by atoms with E-state index in [1.54, 1.807) is 7.11 Å². The largest absolute Gasteiger partial charge is 0.493 e. The molecule has 47 heavy (non-hydrogen) atoms. The second-order valence-corrected chi connectivity index (χ2v) is 13.9. The number of hydrogen-bond donors (Lipinski definition) is 1. The third-order valence-corrected chi connectivity index (χ3v) is 10.1. The number of carbonyl (C=O) groups is 2. The van der Waals surface area contributed by atoms with Crippen LogP contribution in [0.1, 0.15) is 70.1 Å². The Morgan fingerprint density at radius 1 is 1.00 bits per heavy atom. The van der Waals surface area contributed by atoms with Crippen LogP contribution in [-0.2, 0) is 16.0 Å². The Balaban J connectivity index is 0.00000451. The van der Waals surface area contributed by atoms with Crippen molar-refractivity contribution in [2.24, 2.45) is 5.92 Å². The van der Waals surface area contributed by atoms with Gasteiger partial charge in [-0.25, -0.2) is 0 Å². The number of anilines is 2. The number of nitrogens with one attached hydrogen (secondary N) is 1. The Hall–Kier alpha value is -3.75. The predicted molar refractivity (Wildman–Crippen MR) is 190 cm³/mol. The van der Waals surface area contributed by atoms with E-state index in [2.05, 4.69) is 46.4 Å². The number of carbonyl (C=O) groups excluding carboxylic acids is 2. The lowest BCUT2D eigenvalue weighted by molar-refractivity contribution is -0.122. The van der Waals surface area contributed by atoms with Crippen molar-refractivity contribution in [2.75, 3.05) is 50.1 Å². The number of benzene rings is 3. The van der Waals surface area contributed by atoms with Gasteiger partial charge in [0.2, 0.25) is 11.8 Å². The van der Waals surface area contributed by atoms with Crippen LogP contribution in [0.25, 0.3) is 0 Å². The molecule has 3 aromatic rings. The van der Waals surface area contributed by atoms with Crippen LogP contribution in [0, 0.1) is 5.92 Å². The summed E-state index contributed by atoms with van der Waals surface area (Å²) in [4.78, 5) is 32.6. The zero-order valence-corrected chi connectivity index (χ0v) is 28.8. The molecule has 0 aromatic heterocycles. The molecule has 0 bridgehead atoms. The van der Waals surface area contributed by atoms with E-state index in [0.29, 0.717) is 35.0 Å². The number of nitrogens with zero attached hydrogens (tertiary/aromatic N) is 3. The highest BCUT2D eigenvalue weighted by Crippen LogP contribution is 2.44. The Morgan fingerprint density at radius 2 is 1.72 bits per heavy atom. The lowest BCUT2D eigenvalue weighted by Crippen LogP contribution is -2.43. The Kier molecular flexibility index (Phi) is 10.3. The van der Waals surface area contributed by atoms with Gasteiger partial charge in [0.1, 0.15) is 0 Å². The lowest BCUT2D eigenvalue weighted by Gasteiger charge is -2.38. The fourth-order valence-corrected chi connectivity index (χ4v) is 7.65. The first-order valence-corrected chi connectivity index (χ1v) is 17.3. The summed E-state index contributed by atoms with van der Waals surface area (Å²) in [5.74, 6) is 2.09. The molecule has 2 fully saturated rings. The topological polar surface area (TPSA) is 74.4 Å². The van der Waals surface area contributed by atoms with Gasteiger partial charge in [-0.3, -0.25) is 14.5 Å². The van der Waals surface area contributed by atoms with Crippen molar-refractivity contribution >= 4 is 34.8 Å². The maximum Gasteiger partial charge on any atom is 0.234 e. The summed E-state index contributed by atoms with van der Waals surface area (Å²) < 4.78 is 11.8. The van der Waals surface area contributed by atoms with Crippen molar-refractivity contribution in [1.82, 2.24) is 10.2 Å². The average molecular weight is 661 g/mol. The minimum Gasteiger partial charge on any atom is -0.493 e. The maximum absolute atomic E-state index is 13.9. The third kappa shape index (κ3) is 7.54. The van der Waals surface area contributed by atoms with E-state index >= 15 is 0 Å². The zero-order chi connectivity index (χ0) is 33.1. The molecular weight excluding hydrogens is 612 g/mol. The molecule has 2 heterocycles. The van der Waals surface area contributed by atoms with Gasteiger partial charge in [0.05, 0.1) is 32.2 Å². The monoisotopic (exact) mass is 660 g/mol. The summed E-state index contributed by atoms with van der Waals surface area (Å²) in [5, 5.41) is 3.65. The number of methoxy groups -OCH3 is 1. The Morgan fingerprint density at radius 3 is 2.40 bits per heavy atom. The van der Waals surface area contributed by atoms with Crippen molar-refractivity contribution in [3.8, 4) is 11.5 Å². The lowest BCUT2D eigenvalue weighted by atomic mass is 9.85. The second-order valence-electron chi connectivity index (χ2n) is 13.5. The fraction of sp³-hybridized carbons (Fsp3) is 0.474. The Bertz CT molecular complexity index is 1560. The van der Waals surface area contributed by atoms with E-state index in [0.717, 1.165) is 67.0 Å². The van der Waals surface area contributed by atoms with Crippen LogP contribution < -0.4 is 24.6 Å². The van der Waals surface area contributed by atoms with Gasteiger partial charge in [0.15, 0.2) is 11.5 Å². The maximum atomic E-state index is 13.9. The van der Waals surface area contributed by atoms with Crippen molar-refractivity contribution in [3.63, 3.8) is 0 Å². The average Bonchev–Trinajstić information content (AvgIpc) is 3.29. The minimum atomic E-state index is -0.349. The first-order valence-electron chi connectivity index (χ1n) is 17.0. The van der Waals surface area contributed by atoms with E-state index in [9.17, 15) is 9.59 Å². The molecule has 1 saturated heterocycles. The van der Waals surface area contributed by atoms with Gasteiger partial charge in [-0.05, 0) is 117 Å². The van der Waals surface area contributed by atoms with Gasteiger partial charge in [-0.15, -0.1) is 0 Å². The number of halogens is 1. The first-order chi connectivity index (χ1) is 22.7. The quantitative estimate of drug-likeness (QED) is 0.270. The van der Waals surface area contributed by atoms with Crippen LogP contribution in [0.15, 0.2) is 60.7 Å². The molecule has 8 nitrogen and oxygen atoms in total. The van der Waals surface area contributed by atoms with Crippen LogP contribution >= 0.6 is 11.6 Å². The molecule has 1 atom stereocenters. The van der Waals surface area contributed by atoms with Crippen LogP contribution in [-0.4, -0.2) is 69.2 Å². The minimum absolute atomic E-state index is 0. The third-order valence-electron chi connectivity index (χ3n) is 9.86. The summed E-state index contributed by atoms with van der Waals surface area (Å²) in [5.41, 5.74) is 4.90. The molecule has 2 aliphatic heterocycles. The van der Waals surface area contributed by atoms with Gasteiger partial charge in [0.25, 0.3) is 0 Å². The molecule has 9 heteroatoms. The normalized spacial score (nSPS) is 22.0. The molecule has 3 aliphatic rings. The van der Waals surface area contributed by atoms with Gasteiger partial charge in [0, 0.05) is 50.5 Å². The summed E-state index contributed by atoms with van der Waals surface area (Å²) in [6, 6.07) is 20.3. The van der Waals surface area contributed by atoms with Gasteiger partial charge < -0.3 is 24.6 Å². The number of ether oxygens (including phenoxy) is 2. The predicted octanol–water partition coefficient (Wildman–Crippen LogP) is 6.88. The first kappa shape index (κ1) is 33.2. The van der Waals surface area contributed by atoms with Gasteiger partial charge in [-0.2, -0.15) is 0 Å². The van der Waals surface area contributed by atoms with E-state index in [1.807, 2.05) is 55.1 Å². The van der Waals surface area contributed by atoms with Crippen molar-refractivity contribution < 1.29 is 20.5 Å². The SMILES string of the molecule is COc1cc2c(cc1OC(C)C)[C@H](c1ccc(Cl)cc1)N(c1ccc(N(C)CC3CCC(N4CCCNC(=O)C4)CC3)cc1)C(=O)C2.[HH]. The molecule has 0 spiro atoms. The number of rotatable bonds is 9. The van der Waals surface area contributed by atoms with Crippen molar-refractivity contribution in [3.05, 3.63) is 82.4 Å². The number of hydrogen-bond acceptors (Lipinski definition) is 6. The summed E-state index contributed by atoms with van der Waals surface area (Å²) >= 11 is 6.29. The zero-order valence-electron chi connectivity index (χ0n) is 28.0. The van der Waals surface area contributed by atoms with Crippen LogP contribution in [0.4, 0.5) is 11.4 Å². The summed E-state index contributed by atoms with van der Waals surface area (Å²) in [6.45, 7) is 7.30. The molecule has 0 radical (unpaired) electrons. The number of amides is 2. The van der Waals surface area contributed by atoms with E-state index in [-0.39, 0.29) is 31.8 Å². The highest BCUT2D eigenvalue weighted by Gasteiger charge is 2.36. The van der Waals surface area contributed by atoms with Crippen molar-refractivity contribution in [2.45, 2.75) is 70.6 Å². The molecule has 1 aliphatic carbocycles. The van der Waals surface area contributed by atoms with Crippen LogP contribution in [0.3, 0.4) is 0 Å².